The molecule has 0 aliphatic rings. The summed E-state index contributed by atoms with van der Waals surface area (Å²) in [5.74, 6) is 0.330. The van der Waals surface area contributed by atoms with Crippen LogP contribution in [0.4, 0.5) is 5.69 Å². The first-order valence-electron chi connectivity index (χ1n) is 5.10. The van der Waals surface area contributed by atoms with Crippen molar-refractivity contribution in [3.63, 3.8) is 0 Å². The Bertz CT molecular complexity index is 344. The lowest BCUT2D eigenvalue weighted by Crippen LogP contribution is -2.41. The second-order valence-electron chi connectivity index (χ2n) is 3.42. The Kier molecular flexibility index (Phi) is 4.88. The van der Waals surface area contributed by atoms with Crippen LogP contribution in [-0.2, 0) is 0 Å². The van der Waals surface area contributed by atoms with E-state index in [9.17, 15) is 5.02 Å². The first-order valence-corrected chi connectivity index (χ1v) is 5.10. The number of hydrogen-bond acceptors (Lipinski definition) is 3. The van der Waals surface area contributed by atoms with Gasteiger partial charge in [0.15, 0.2) is 5.96 Å². The van der Waals surface area contributed by atoms with Gasteiger partial charge < -0.3 is 20.6 Å². The molecule has 5 nitrogen and oxygen atoms in total. The molecule has 0 saturated heterocycles. The highest BCUT2D eigenvalue weighted by molar-refractivity contribution is 6.53. The van der Waals surface area contributed by atoms with Gasteiger partial charge in [0.25, 0.3) is 0 Å². The van der Waals surface area contributed by atoms with Crippen molar-refractivity contribution in [3.8, 4) is 0 Å². The summed E-state index contributed by atoms with van der Waals surface area (Å²) in [7, 11) is -1.58. The summed E-state index contributed by atoms with van der Waals surface area (Å²) in [6, 6.07) is 9.39. The Hall–Kier alpha value is -1.46. The van der Waals surface area contributed by atoms with Crippen LogP contribution in [0.5, 0.6) is 0 Å². The highest BCUT2D eigenvalue weighted by Gasteiger charge is 2.09. The van der Waals surface area contributed by atoms with Crippen LogP contribution in [0.1, 0.15) is 0 Å². The molecule has 0 aromatic heterocycles. The zero-order valence-corrected chi connectivity index (χ0v) is 9.38. The SMILES string of the molecule is CB(O)N=C(NB(C)O)Nc1ccccc1. The third-order valence-electron chi connectivity index (χ3n) is 1.70. The van der Waals surface area contributed by atoms with E-state index < -0.39 is 14.1 Å². The molecule has 0 aliphatic carbocycles. The number of rotatable bonds is 3. The predicted octanol–water partition coefficient (Wildman–Crippen LogP) is 0.265. The van der Waals surface area contributed by atoms with Crippen molar-refractivity contribution in [2.45, 2.75) is 13.6 Å². The summed E-state index contributed by atoms with van der Waals surface area (Å²) in [4.78, 5) is 3.90. The van der Waals surface area contributed by atoms with Gasteiger partial charge in [-0.1, -0.05) is 18.2 Å². The maximum atomic E-state index is 9.20. The lowest BCUT2D eigenvalue weighted by atomic mass is 9.88. The van der Waals surface area contributed by atoms with E-state index in [1.54, 1.807) is 6.82 Å². The molecule has 1 aromatic carbocycles. The Morgan fingerprint density at radius 2 is 1.81 bits per heavy atom. The monoisotopic (exact) mass is 219 g/mol. The standard InChI is InChI=1S/C9H15B2N3O2/c1-10(15)13-9(14-11(2)16)12-8-6-4-3-5-7-8/h3-7,15-16H,1-2H3,(H2,12,13,14). The molecule has 0 bridgehead atoms. The first kappa shape index (κ1) is 12.6. The Balaban J connectivity index is 2.71. The Morgan fingerprint density at radius 3 is 2.31 bits per heavy atom. The summed E-state index contributed by atoms with van der Waals surface area (Å²) in [6.45, 7) is 3.11. The average Bonchev–Trinajstić information content (AvgIpc) is 2.16. The summed E-state index contributed by atoms with van der Waals surface area (Å²) in [6.07, 6.45) is 0. The third-order valence-corrected chi connectivity index (χ3v) is 1.70. The van der Waals surface area contributed by atoms with Crippen molar-refractivity contribution in [1.82, 2.24) is 5.23 Å². The molecule has 16 heavy (non-hydrogen) atoms. The fraction of sp³-hybridized carbons (Fsp3) is 0.222. The highest BCUT2D eigenvalue weighted by Crippen LogP contribution is 2.04. The largest absolute Gasteiger partial charge is 0.433 e. The van der Waals surface area contributed by atoms with Gasteiger partial charge in [0.05, 0.1) is 0 Å². The molecule has 1 aromatic rings. The third kappa shape index (κ3) is 4.86. The molecule has 0 saturated carbocycles. The number of nitrogens with one attached hydrogen (secondary N) is 2. The van der Waals surface area contributed by atoms with Crippen LogP contribution in [0, 0.1) is 0 Å². The molecular formula is C9H15B2N3O2. The van der Waals surface area contributed by atoms with E-state index in [2.05, 4.69) is 15.4 Å². The van der Waals surface area contributed by atoms with Gasteiger partial charge in [-0.3, -0.25) is 4.90 Å². The normalized spacial score (nSPS) is 10.9. The summed E-state index contributed by atoms with van der Waals surface area (Å²) in [5.41, 5.74) is 0.829. The summed E-state index contributed by atoms with van der Waals surface area (Å²) >= 11 is 0. The van der Waals surface area contributed by atoms with E-state index in [0.29, 0.717) is 5.96 Å². The maximum Gasteiger partial charge on any atom is 0.431 e. The van der Waals surface area contributed by atoms with Crippen LogP contribution >= 0.6 is 0 Å². The number of benzene rings is 1. The van der Waals surface area contributed by atoms with Gasteiger partial charge in [-0.2, -0.15) is 0 Å². The van der Waals surface area contributed by atoms with Crippen molar-refractivity contribution in [3.05, 3.63) is 30.3 Å². The van der Waals surface area contributed by atoms with Gasteiger partial charge in [0, 0.05) is 5.69 Å². The van der Waals surface area contributed by atoms with Crippen molar-refractivity contribution in [2.75, 3.05) is 5.32 Å². The molecular weight excluding hydrogens is 204 g/mol. The second kappa shape index (κ2) is 6.19. The predicted molar refractivity (Wildman–Crippen MR) is 68.3 cm³/mol. The molecule has 0 atom stereocenters. The van der Waals surface area contributed by atoms with Crippen LogP contribution < -0.4 is 10.5 Å². The molecule has 7 heteroatoms. The minimum atomic E-state index is -0.836. The van der Waals surface area contributed by atoms with Gasteiger partial charge in [0.1, 0.15) is 0 Å². The number of guanidine groups is 1. The van der Waals surface area contributed by atoms with Crippen LogP contribution in [0.3, 0.4) is 0 Å². The van der Waals surface area contributed by atoms with Gasteiger partial charge in [0.2, 0.25) is 0 Å². The van der Waals surface area contributed by atoms with Crippen molar-refractivity contribution >= 4 is 25.7 Å². The molecule has 0 heterocycles. The summed E-state index contributed by atoms with van der Waals surface area (Å²) in [5, 5.41) is 24.0. The average molecular weight is 219 g/mol. The van der Waals surface area contributed by atoms with Gasteiger partial charge >= 0.3 is 14.1 Å². The van der Waals surface area contributed by atoms with Crippen LogP contribution in [-0.4, -0.2) is 30.1 Å². The highest BCUT2D eigenvalue weighted by atomic mass is 16.2. The minimum absolute atomic E-state index is 0.330. The van der Waals surface area contributed by atoms with Gasteiger partial charge in [-0.25, -0.2) is 0 Å². The molecule has 0 aliphatic heterocycles. The Labute approximate surface area is 95.9 Å². The molecule has 84 valence electrons. The van der Waals surface area contributed by atoms with E-state index in [0.717, 1.165) is 5.69 Å². The quantitative estimate of drug-likeness (QED) is 0.334. The molecule has 4 N–H and O–H groups in total. The maximum absolute atomic E-state index is 9.20. The lowest BCUT2D eigenvalue weighted by molar-refractivity contribution is 0.571. The Morgan fingerprint density at radius 1 is 1.19 bits per heavy atom. The first-order chi connectivity index (χ1) is 7.58. The molecule has 0 unspecified atom stereocenters. The minimum Gasteiger partial charge on any atom is -0.433 e. The zero-order valence-electron chi connectivity index (χ0n) is 9.38. The van der Waals surface area contributed by atoms with Crippen LogP contribution in [0.2, 0.25) is 13.6 Å². The number of nitrogens with zero attached hydrogens (tertiary/aromatic N) is 1. The smallest absolute Gasteiger partial charge is 0.431 e. The van der Waals surface area contributed by atoms with E-state index in [1.807, 2.05) is 30.3 Å². The molecule has 0 fully saturated rings. The van der Waals surface area contributed by atoms with Crippen molar-refractivity contribution in [2.24, 2.45) is 4.90 Å². The van der Waals surface area contributed by atoms with Crippen LogP contribution in [0.15, 0.2) is 35.2 Å². The fourth-order valence-corrected chi connectivity index (χ4v) is 1.15. The zero-order chi connectivity index (χ0) is 12.0. The topological polar surface area (TPSA) is 76.9 Å². The van der Waals surface area contributed by atoms with E-state index in [-0.39, 0.29) is 0 Å². The van der Waals surface area contributed by atoms with Gasteiger partial charge in [-0.15, -0.1) is 0 Å². The molecule has 0 radical (unpaired) electrons. The van der Waals surface area contributed by atoms with Crippen molar-refractivity contribution < 1.29 is 10.0 Å². The van der Waals surface area contributed by atoms with E-state index >= 15 is 0 Å². The number of para-hydroxylation sites is 1. The summed E-state index contributed by atoms with van der Waals surface area (Å²) < 4.78 is 0. The second-order valence-corrected chi connectivity index (χ2v) is 3.42. The fourth-order valence-electron chi connectivity index (χ4n) is 1.15. The molecule has 0 spiro atoms. The van der Waals surface area contributed by atoms with E-state index in [4.69, 9.17) is 5.02 Å². The van der Waals surface area contributed by atoms with Crippen LogP contribution in [0.25, 0.3) is 0 Å². The van der Waals surface area contributed by atoms with Gasteiger partial charge in [-0.05, 0) is 25.8 Å². The lowest BCUT2D eigenvalue weighted by Gasteiger charge is -2.13. The van der Waals surface area contributed by atoms with E-state index in [1.165, 1.54) is 6.82 Å². The van der Waals surface area contributed by atoms with Crippen molar-refractivity contribution in [1.29, 1.82) is 0 Å². The molecule has 0 amide bonds. The number of hydrogen-bond donors (Lipinski definition) is 4. The number of anilines is 1. The molecule has 1 rings (SSSR count).